The van der Waals surface area contributed by atoms with Gasteiger partial charge in [0.2, 0.25) is 12.3 Å². The molecule has 69 heavy (non-hydrogen) atoms. The van der Waals surface area contributed by atoms with Crippen LogP contribution in [0.15, 0.2) is 179 Å². The zero-order valence-electron chi connectivity index (χ0n) is 37.9. The van der Waals surface area contributed by atoms with Gasteiger partial charge in [-0.1, -0.05) is 64.1 Å². The molecule has 0 aromatic heterocycles. The lowest BCUT2D eigenvalue weighted by atomic mass is 9.85. The summed E-state index contributed by atoms with van der Waals surface area (Å²) in [7, 11) is -4.74. The first-order chi connectivity index (χ1) is 33.1. The number of azo groups is 4. The fraction of sp³-hybridized carbons (Fsp3) is 0.200. The third-order valence-electron chi connectivity index (χ3n) is 11.5. The summed E-state index contributed by atoms with van der Waals surface area (Å²) in [4.78, 5) is 21.9. The lowest BCUT2D eigenvalue weighted by Gasteiger charge is -2.27. The van der Waals surface area contributed by atoms with E-state index in [0.717, 1.165) is 5.56 Å². The van der Waals surface area contributed by atoms with Crippen molar-refractivity contribution in [2.45, 2.75) is 69.4 Å². The molecule has 4 N–H and O–H groups in total. The Morgan fingerprint density at radius 2 is 0.884 bits per heavy atom. The highest BCUT2D eigenvalue weighted by Crippen LogP contribution is 2.39. The Balaban J connectivity index is 1.19. The van der Waals surface area contributed by atoms with E-state index in [9.17, 15) is 27.1 Å². The van der Waals surface area contributed by atoms with Crippen molar-refractivity contribution in [2.75, 3.05) is 0 Å². The second-order valence-electron chi connectivity index (χ2n) is 15.5. The van der Waals surface area contributed by atoms with Crippen LogP contribution in [0.5, 0.6) is 5.75 Å². The fourth-order valence-electron chi connectivity index (χ4n) is 7.22. The number of carbonyl (C=O) groups is 2. The zero-order chi connectivity index (χ0) is 49.6. The first-order valence-corrected chi connectivity index (χ1v) is 23.8. The highest BCUT2D eigenvalue weighted by Gasteiger charge is 2.31. The Kier molecular flexibility index (Phi) is 16.9. The first-order valence-electron chi connectivity index (χ1n) is 21.6. The third-order valence-corrected chi connectivity index (χ3v) is 12.7. The summed E-state index contributed by atoms with van der Waals surface area (Å²) < 4.78 is 51.4. The van der Waals surface area contributed by atoms with E-state index in [1.807, 2.05) is 52.0 Å². The standard InChI is InChI=1S/C50H48N8O9S2/c1-5-49(6-2,37-18-25-41(26-19-37)53-51-39-20-13-35(14-21-39)47(59)60)57-56-44-24-12-33(45(32-44)67-68-63)9-10-34-11-17-38(31-46(34)69(64,65)66)50(7-3,8-4)58-55-43-29-27-42(28-30-43)54-52-40-22-15-36(16-23-40)48(61)62/h9-32,63H,5-8H2,1-4H3,(H,59,60)(H,61,62)(H,64,65,66)/b10-9-,53-51?,54-52?,57-56?,58-55?. The number of rotatable bonds is 21. The number of hydrogen-bond acceptors (Lipinski definition) is 15. The molecule has 6 aromatic rings. The van der Waals surface area contributed by atoms with E-state index in [1.165, 1.54) is 36.4 Å². The van der Waals surface area contributed by atoms with E-state index in [4.69, 9.17) is 24.6 Å². The summed E-state index contributed by atoms with van der Waals surface area (Å²) in [5.41, 5.74) is 3.80. The van der Waals surface area contributed by atoms with Gasteiger partial charge in [-0.05, 0) is 146 Å². The van der Waals surface area contributed by atoms with E-state index in [2.05, 4.69) is 30.7 Å². The highest BCUT2D eigenvalue weighted by atomic mass is 32.2. The van der Waals surface area contributed by atoms with Crippen LogP contribution in [0.2, 0.25) is 0 Å². The molecule has 17 nitrogen and oxygen atoms in total. The van der Waals surface area contributed by atoms with Crippen molar-refractivity contribution >= 4 is 80.7 Å². The van der Waals surface area contributed by atoms with Crippen molar-refractivity contribution in [1.29, 1.82) is 0 Å². The zero-order valence-corrected chi connectivity index (χ0v) is 39.5. The van der Waals surface area contributed by atoms with Crippen LogP contribution in [0.1, 0.15) is 96.3 Å². The van der Waals surface area contributed by atoms with Crippen molar-refractivity contribution in [1.82, 2.24) is 0 Å². The van der Waals surface area contributed by atoms with E-state index in [-0.39, 0.29) is 39.7 Å². The molecule has 0 atom stereocenters. The minimum absolute atomic E-state index is 0.132. The van der Waals surface area contributed by atoms with Gasteiger partial charge >= 0.3 is 11.9 Å². The van der Waals surface area contributed by atoms with Gasteiger partial charge in [-0.3, -0.25) is 9.11 Å². The maximum Gasteiger partial charge on any atom is 0.335 e. The van der Waals surface area contributed by atoms with Gasteiger partial charge in [0, 0.05) is 11.6 Å². The van der Waals surface area contributed by atoms with Gasteiger partial charge in [-0.2, -0.15) is 49.3 Å². The molecule has 0 aliphatic heterocycles. The number of hydrogen-bond donors (Lipinski definition) is 4. The number of carboxylic acids is 2. The second-order valence-corrected chi connectivity index (χ2v) is 17.2. The fourth-order valence-corrected chi connectivity index (χ4v) is 8.15. The molecule has 0 saturated carbocycles. The third kappa shape index (κ3) is 12.9. The van der Waals surface area contributed by atoms with Crippen molar-refractivity contribution in [2.24, 2.45) is 40.9 Å². The van der Waals surface area contributed by atoms with E-state index in [1.54, 1.807) is 84.9 Å². The van der Waals surface area contributed by atoms with Gasteiger partial charge in [0.25, 0.3) is 10.1 Å². The van der Waals surface area contributed by atoms with Crippen LogP contribution >= 0.6 is 12.3 Å². The van der Waals surface area contributed by atoms with Gasteiger partial charge < -0.3 is 14.4 Å². The second kappa shape index (κ2) is 22.9. The van der Waals surface area contributed by atoms with Gasteiger partial charge in [0.1, 0.15) is 21.7 Å². The van der Waals surface area contributed by atoms with Crippen LogP contribution in [0, 0.1) is 0 Å². The molecule has 6 rings (SSSR count). The molecule has 0 radical (unpaired) electrons. The molecule has 0 amide bonds. The molecule has 0 fully saturated rings. The summed E-state index contributed by atoms with van der Waals surface area (Å²) >= 11 is 0.132. The Morgan fingerprint density at radius 3 is 1.32 bits per heavy atom. The maximum atomic E-state index is 12.9. The van der Waals surface area contributed by atoms with Gasteiger partial charge in [0.05, 0.1) is 45.3 Å². The van der Waals surface area contributed by atoms with Crippen molar-refractivity contribution < 1.29 is 41.5 Å². The van der Waals surface area contributed by atoms with E-state index in [0.29, 0.717) is 70.9 Å². The quantitative estimate of drug-likeness (QED) is 0.0229. The minimum atomic E-state index is -4.74. The minimum Gasteiger partial charge on any atom is -0.478 e. The van der Waals surface area contributed by atoms with E-state index < -0.39 is 33.1 Å². The lowest BCUT2D eigenvalue weighted by molar-refractivity contribution is 0.0686. The number of aromatic carboxylic acids is 2. The molecule has 0 bridgehead atoms. The molecule has 0 spiro atoms. The van der Waals surface area contributed by atoms with Crippen LogP contribution in [0.25, 0.3) is 12.2 Å². The van der Waals surface area contributed by atoms with Crippen LogP contribution < -0.4 is 4.18 Å². The lowest BCUT2D eigenvalue weighted by Crippen LogP contribution is -2.22. The normalized spacial score (nSPS) is 12.6. The number of nitrogens with zero attached hydrogens (tertiary/aromatic N) is 8. The summed E-state index contributed by atoms with van der Waals surface area (Å²) in [6, 6.07) is 36.0. The number of carboxylic acid groups (broad SMARTS) is 2. The molecular weight excluding hydrogens is 921 g/mol. The van der Waals surface area contributed by atoms with Crippen molar-refractivity contribution in [3.8, 4) is 5.75 Å². The van der Waals surface area contributed by atoms with E-state index >= 15 is 0 Å². The Labute approximate surface area is 403 Å². The van der Waals surface area contributed by atoms with Gasteiger partial charge in [-0.15, -0.1) is 0 Å². The predicted octanol–water partition coefficient (Wildman–Crippen LogP) is 15.4. The van der Waals surface area contributed by atoms with Crippen LogP contribution in [0.3, 0.4) is 0 Å². The molecule has 0 heterocycles. The van der Waals surface area contributed by atoms with Crippen LogP contribution in [0.4, 0.5) is 34.1 Å². The molecule has 0 unspecified atom stereocenters. The van der Waals surface area contributed by atoms with Crippen molar-refractivity contribution in [3.05, 3.63) is 167 Å². The van der Waals surface area contributed by atoms with Gasteiger partial charge in [-0.25, -0.2) is 9.59 Å². The average Bonchev–Trinajstić information content (AvgIpc) is 3.36. The monoisotopic (exact) mass is 968 g/mol. The summed E-state index contributed by atoms with van der Waals surface area (Å²) in [5.74, 6) is -1.84. The molecule has 0 saturated heterocycles. The highest BCUT2D eigenvalue weighted by molar-refractivity contribution is 7.89. The molecular formula is C50H48N8O9S2. The molecule has 354 valence electrons. The average molecular weight is 969 g/mol. The van der Waals surface area contributed by atoms with Gasteiger partial charge in [0.15, 0.2) is 0 Å². The number of benzene rings is 6. The smallest absolute Gasteiger partial charge is 0.335 e. The Morgan fingerprint density at radius 1 is 0.522 bits per heavy atom. The molecule has 6 aromatic carbocycles. The Hall–Kier alpha value is -7.58. The molecule has 0 aliphatic rings. The van der Waals surface area contributed by atoms with Crippen LogP contribution in [-0.2, 0) is 21.2 Å². The van der Waals surface area contributed by atoms with Crippen LogP contribution in [-0.4, -0.2) is 39.7 Å². The van der Waals surface area contributed by atoms with Crippen molar-refractivity contribution in [3.63, 3.8) is 0 Å². The first kappa shape index (κ1) is 50.8. The summed E-state index contributed by atoms with van der Waals surface area (Å²) in [6.45, 7) is 7.84. The summed E-state index contributed by atoms with van der Waals surface area (Å²) in [5, 5.41) is 53.6. The SMILES string of the molecule is CCC(CC)(N=Nc1ccc(/C=C\c2ccc(C(CC)(CC)N=Nc3ccc(N=Nc4ccc(C(=O)O)cc4)cc3)cc2S(=O)(=O)O)c(OSO)c1)c1ccc(N=Nc2ccc(C(=O)O)cc2)cc1. The molecule has 19 heteroatoms. The largest absolute Gasteiger partial charge is 0.478 e. The summed E-state index contributed by atoms with van der Waals surface area (Å²) in [6.07, 6.45) is 5.26. The maximum absolute atomic E-state index is 12.9. The molecule has 0 aliphatic carbocycles. The Bertz CT molecular complexity index is 3030. The predicted molar refractivity (Wildman–Crippen MR) is 264 cm³/mol. The topological polar surface area (TPSA) is 257 Å².